The van der Waals surface area contributed by atoms with E-state index in [1.165, 1.54) is 5.56 Å². The van der Waals surface area contributed by atoms with Gasteiger partial charge < -0.3 is 0 Å². The molecule has 0 aromatic carbocycles. The smallest absolute Gasteiger partial charge is 0.0270 e. The van der Waals surface area contributed by atoms with Gasteiger partial charge in [0.1, 0.15) is 0 Å². The average Bonchev–Trinajstić information content (AvgIpc) is 2.17. The molecule has 0 fully saturated rings. The number of pyridine rings is 1. The fourth-order valence-corrected chi connectivity index (χ4v) is 2.37. The molecule has 1 heterocycles. The maximum Gasteiger partial charge on any atom is 0.0270 e. The zero-order chi connectivity index (χ0) is 9.52. The maximum atomic E-state index is 5.65. The van der Waals surface area contributed by atoms with E-state index >= 15 is 0 Å². The van der Waals surface area contributed by atoms with Crippen molar-refractivity contribution in [1.82, 2.24) is 4.98 Å². The van der Waals surface area contributed by atoms with Crippen LogP contribution in [0.3, 0.4) is 0 Å². The average molecular weight is 216 g/mol. The number of nitrogens with zero attached hydrogens (tertiary/aromatic N) is 1. The van der Waals surface area contributed by atoms with Gasteiger partial charge in [-0.3, -0.25) is 4.98 Å². The highest BCUT2D eigenvalue weighted by Crippen LogP contribution is 2.19. The van der Waals surface area contributed by atoms with Crippen molar-refractivity contribution in [2.45, 2.75) is 24.3 Å². The summed E-state index contributed by atoms with van der Waals surface area (Å²) in [5.74, 6) is 1.81. The first kappa shape index (κ1) is 10.9. The predicted octanol–water partition coefficient (Wildman–Crippen LogP) is 3.33. The van der Waals surface area contributed by atoms with Gasteiger partial charge in [-0.05, 0) is 24.1 Å². The van der Waals surface area contributed by atoms with E-state index < -0.39 is 0 Å². The lowest BCUT2D eigenvalue weighted by Crippen LogP contribution is -1.97. The summed E-state index contributed by atoms with van der Waals surface area (Å²) in [5.41, 5.74) is 1.33. The fraction of sp³-hybridized carbons (Fsp3) is 0.500. The highest BCUT2D eigenvalue weighted by molar-refractivity contribution is 7.99. The molecule has 0 aliphatic heterocycles. The maximum absolute atomic E-state index is 5.65. The van der Waals surface area contributed by atoms with Crippen LogP contribution < -0.4 is 0 Å². The number of aromatic nitrogens is 1. The van der Waals surface area contributed by atoms with Gasteiger partial charge in [0.05, 0.1) is 0 Å². The summed E-state index contributed by atoms with van der Waals surface area (Å²) < 4.78 is 0. The molecule has 72 valence electrons. The number of alkyl halides is 1. The zero-order valence-electron chi connectivity index (χ0n) is 7.74. The fourth-order valence-electron chi connectivity index (χ4n) is 0.954. The van der Waals surface area contributed by atoms with Crippen LogP contribution in [-0.2, 0) is 5.75 Å². The SMILES string of the molecule is CC(CCCl)SCc1ccncc1. The number of hydrogen-bond acceptors (Lipinski definition) is 2. The third kappa shape index (κ3) is 4.53. The molecule has 0 radical (unpaired) electrons. The summed E-state index contributed by atoms with van der Waals surface area (Å²) in [7, 11) is 0. The van der Waals surface area contributed by atoms with E-state index in [-0.39, 0.29) is 0 Å². The quantitative estimate of drug-likeness (QED) is 0.699. The number of halogens is 1. The van der Waals surface area contributed by atoms with Crippen LogP contribution >= 0.6 is 23.4 Å². The van der Waals surface area contributed by atoms with Crippen LogP contribution in [0.15, 0.2) is 24.5 Å². The first-order valence-electron chi connectivity index (χ1n) is 4.39. The van der Waals surface area contributed by atoms with Crippen LogP contribution in [0.5, 0.6) is 0 Å². The first-order valence-corrected chi connectivity index (χ1v) is 5.97. The van der Waals surface area contributed by atoms with Crippen LogP contribution in [0.4, 0.5) is 0 Å². The summed E-state index contributed by atoms with van der Waals surface area (Å²) in [6, 6.07) is 4.11. The van der Waals surface area contributed by atoms with Crippen LogP contribution in [0, 0.1) is 0 Å². The van der Waals surface area contributed by atoms with Crippen molar-refractivity contribution >= 4 is 23.4 Å². The molecule has 3 heteroatoms. The number of hydrogen-bond donors (Lipinski definition) is 0. The normalized spacial score (nSPS) is 12.8. The molecule has 0 bridgehead atoms. The largest absolute Gasteiger partial charge is 0.265 e. The van der Waals surface area contributed by atoms with Gasteiger partial charge in [-0.15, -0.1) is 11.6 Å². The minimum absolute atomic E-state index is 0.644. The first-order chi connectivity index (χ1) is 6.33. The molecule has 1 rings (SSSR count). The third-order valence-corrected chi connectivity index (χ3v) is 3.32. The molecule has 0 aliphatic rings. The molecular formula is C10H14ClNS. The van der Waals surface area contributed by atoms with Crippen LogP contribution in [-0.4, -0.2) is 16.1 Å². The van der Waals surface area contributed by atoms with Gasteiger partial charge in [0, 0.05) is 29.3 Å². The lowest BCUT2D eigenvalue weighted by Gasteiger charge is -2.08. The summed E-state index contributed by atoms with van der Waals surface area (Å²) in [4.78, 5) is 3.98. The second-order valence-electron chi connectivity index (χ2n) is 2.95. The van der Waals surface area contributed by atoms with Gasteiger partial charge in [-0.2, -0.15) is 11.8 Å². The van der Waals surface area contributed by atoms with Crippen molar-refractivity contribution in [1.29, 1.82) is 0 Å². The summed E-state index contributed by atoms with van der Waals surface area (Å²) >= 11 is 7.60. The molecule has 0 N–H and O–H groups in total. The third-order valence-electron chi connectivity index (χ3n) is 1.80. The second kappa shape index (κ2) is 6.28. The molecule has 0 saturated carbocycles. The molecule has 1 atom stereocenters. The van der Waals surface area contributed by atoms with E-state index in [0.717, 1.165) is 18.1 Å². The standard InChI is InChI=1S/C10H14ClNS/c1-9(2-5-11)13-8-10-3-6-12-7-4-10/h3-4,6-7,9H,2,5,8H2,1H3. The molecule has 0 amide bonds. The van der Waals surface area contributed by atoms with Crippen molar-refractivity contribution in [3.63, 3.8) is 0 Å². The van der Waals surface area contributed by atoms with Gasteiger partial charge in [0.25, 0.3) is 0 Å². The van der Waals surface area contributed by atoms with Crippen LogP contribution in [0.2, 0.25) is 0 Å². The highest BCUT2D eigenvalue weighted by Gasteiger charge is 2.01. The Morgan fingerprint density at radius 1 is 1.46 bits per heavy atom. The molecule has 13 heavy (non-hydrogen) atoms. The van der Waals surface area contributed by atoms with Crippen molar-refractivity contribution in [3.8, 4) is 0 Å². The van der Waals surface area contributed by atoms with Gasteiger partial charge in [-0.1, -0.05) is 6.92 Å². The van der Waals surface area contributed by atoms with Crippen molar-refractivity contribution in [2.75, 3.05) is 5.88 Å². The summed E-state index contributed by atoms with van der Waals surface area (Å²) in [6.07, 6.45) is 4.75. The Morgan fingerprint density at radius 3 is 2.77 bits per heavy atom. The Bertz CT molecular complexity index is 228. The lowest BCUT2D eigenvalue weighted by molar-refractivity contribution is 0.912. The predicted molar refractivity (Wildman–Crippen MR) is 60.3 cm³/mol. The molecule has 1 aromatic heterocycles. The van der Waals surface area contributed by atoms with Crippen LogP contribution in [0.1, 0.15) is 18.9 Å². The Kier molecular flexibility index (Phi) is 5.25. The van der Waals surface area contributed by atoms with Crippen molar-refractivity contribution in [2.24, 2.45) is 0 Å². The van der Waals surface area contributed by atoms with Crippen molar-refractivity contribution < 1.29 is 0 Å². The van der Waals surface area contributed by atoms with Crippen LogP contribution in [0.25, 0.3) is 0 Å². The minimum atomic E-state index is 0.644. The van der Waals surface area contributed by atoms with Gasteiger partial charge in [0.2, 0.25) is 0 Å². The summed E-state index contributed by atoms with van der Waals surface area (Å²) in [6.45, 7) is 2.22. The summed E-state index contributed by atoms with van der Waals surface area (Å²) in [5, 5.41) is 0.644. The van der Waals surface area contributed by atoms with Gasteiger partial charge in [-0.25, -0.2) is 0 Å². The Hall–Kier alpha value is -0.210. The van der Waals surface area contributed by atoms with E-state index in [1.54, 1.807) is 0 Å². The molecule has 1 aromatic rings. The molecule has 1 unspecified atom stereocenters. The molecule has 1 nitrogen and oxygen atoms in total. The lowest BCUT2D eigenvalue weighted by atomic mass is 10.3. The molecular weight excluding hydrogens is 202 g/mol. The molecule has 0 spiro atoms. The number of rotatable bonds is 5. The molecule has 0 saturated heterocycles. The van der Waals surface area contributed by atoms with Crippen molar-refractivity contribution in [3.05, 3.63) is 30.1 Å². The van der Waals surface area contributed by atoms with E-state index in [2.05, 4.69) is 24.0 Å². The van der Waals surface area contributed by atoms with E-state index in [0.29, 0.717) is 5.25 Å². The topological polar surface area (TPSA) is 12.9 Å². The van der Waals surface area contributed by atoms with Gasteiger partial charge >= 0.3 is 0 Å². The van der Waals surface area contributed by atoms with E-state index in [4.69, 9.17) is 11.6 Å². The van der Waals surface area contributed by atoms with E-state index in [1.807, 2.05) is 24.2 Å². The number of thioether (sulfide) groups is 1. The minimum Gasteiger partial charge on any atom is -0.265 e. The zero-order valence-corrected chi connectivity index (χ0v) is 9.31. The highest BCUT2D eigenvalue weighted by atomic mass is 35.5. The Labute approximate surface area is 88.9 Å². The monoisotopic (exact) mass is 215 g/mol. The Morgan fingerprint density at radius 2 is 2.15 bits per heavy atom. The second-order valence-corrected chi connectivity index (χ2v) is 4.76. The molecule has 0 aliphatic carbocycles. The van der Waals surface area contributed by atoms with Gasteiger partial charge in [0.15, 0.2) is 0 Å². The van der Waals surface area contributed by atoms with E-state index in [9.17, 15) is 0 Å². The Balaban J connectivity index is 2.27.